The Balaban J connectivity index is 1.77. The minimum Gasteiger partial charge on any atom is -0.496 e. The largest absolute Gasteiger partial charge is 0.496 e. The second kappa shape index (κ2) is 9.01. The topological polar surface area (TPSA) is 80.3 Å². The molecule has 0 spiro atoms. The van der Waals surface area contributed by atoms with E-state index in [-0.39, 0.29) is 11.5 Å². The summed E-state index contributed by atoms with van der Waals surface area (Å²) in [6, 6.07) is 15.2. The van der Waals surface area contributed by atoms with Crippen LogP contribution in [0.4, 0.5) is 5.69 Å². The van der Waals surface area contributed by atoms with Crippen molar-refractivity contribution in [3.63, 3.8) is 0 Å². The second-order valence-electron chi connectivity index (χ2n) is 5.89. The van der Waals surface area contributed by atoms with Crippen LogP contribution in [0.2, 0.25) is 5.02 Å². The van der Waals surface area contributed by atoms with E-state index in [2.05, 4.69) is 15.6 Å². The van der Waals surface area contributed by atoms with Crippen molar-refractivity contribution in [2.24, 2.45) is 0 Å². The molecule has 0 aliphatic carbocycles. The average molecular weight is 396 g/mol. The van der Waals surface area contributed by atoms with E-state index in [1.807, 2.05) is 6.07 Å². The number of nitrogens with one attached hydrogen (secondary N) is 2. The van der Waals surface area contributed by atoms with Crippen LogP contribution in [0.5, 0.6) is 5.75 Å². The Labute approximate surface area is 167 Å². The number of ether oxygens (including phenoxy) is 1. The summed E-state index contributed by atoms with van der Waals surface area (Å²) in [4.78, 5) is 29.3. The zero-order chi connectivity index (χ0) is 19.9. The fourth-order valence-electron chi connectivity index (χ4n) is 2.62. The summed E-state index contributed by atoms with van der Waals surface area (Å²) < 4.78 is 5.22. The number of hydrogen-bond donors (Lipinski definition) is 2. The van der Waals surface area contributed by atoms with Gasteiger partial charge in [-0.2, -0.15) is 0 Å². The summed E-state index contributed by atoms with van der Waals surface area (Å²) >= 11 is 6.00. The number of rotatable bonds is 6. The first kappa shape index (κ1) is 19.4. The molecular formula is C21H18ClN3O3. The number of para-hydroxylation sites is 1. The first-order chi connectivity index (χ1) is 13.6. The minimum atomic E-state index is -0.424. The van der Waals surface area contributed by atoms with Gasteiger partial charge in [-0.15, -0.1) is 0 Å². The molecule has 2 N–H and O–H groups in total. The Morgan fingerprint density at radius 1 is 1.04 bits per heavy atom. The second-order valence-corrected chi connectivity index (χ2v) is 6.32. The molecule has 7 heteroatoms. The highest BCUT2D eigenvalue weighted by atomic mass is 35.5. The smallest absolute Gasteiger partial charge is 0.259 e. The van der Waals surface area contributed by atoms with Crippen LogP contribution in [0.15, 0.2) is 67.0 Å². The number of methoxy groups -OCH3 is 1. The predicted octanol–water partition coefficient (Wildman–Crippen LogP) is 3.93. The van der Waals surface area contributed by atoms with Gasteiger partial charge in [0.05, 0.1) is 23.9 Å². The highest BCUT2D eigenvalue weighted by Gasteiger charge is 2.17. The third-order valence-electron chi connectivity index (χ3n) is 4.00. The highest BCUT2D eigenvalue weighted by molar-refractivity contribution is 6.31. The van der Waals surface area contributed by atoms with Crippen LogP contribution in [0.25, 0.3) is 0 Å². The minimum absolute atomic E-state index is 0.278. The lowest BCUT2D eigenvalue weighted by Gasteiger charge is -2.13. The summed E-state index contributed by atoms with van der Waals surface area (Å²) in [7, 11) is 1.47. The Morgan fingerprint density at radius 3 is 2.61 bits per heavy atom. The van der Waals surface area contributed by atoms with Gasteiger partial charge in [-0.3, -0.25) is 14.6 Å². The van der Waals surface area contributed by atoms with Gasteiger partial charge in [0.15, 0.2) is 0 Å². The lowest BCUT2D eigenvalue weighted by Crippen LogP contribution is -2.25. The van der Waals surface area contributed by atoms with Gasteiger partial charge in [0.1, 0.15) is 5.75 Å². The van der Waals surface area contributed by atoms with Crippen LogP contribution in [-0.2, 0) is 6.54 Å². The summed E-state index contributed by atoms with van der Waals surface area (Å²) in [6.45, 7) is 0.330. The van der Waals surface area contributed by atoms with E-state index in [0.29, 0.717) is 28.6 Å². The molecule has 3 aromatic rings. The molecule has 3 rings (SSSR count). The van der Waals surface area contributed by atoms with Crippen molar-refractivity contribution in [3.8, 4) is 5.75 Å². The molecule has 0 atom stereocenters. The fraction of sp³-hybridized carbons (Fsp3) is 0.0952. The Morgan fingerprint density at radius 2 is 1.86 bits per heavy atom. The number of aromatic nitrogens is 1. The van der Waals surface area contributed by atoms with Gasteiger partial charge in [0.2, 0.25) is 0 Å². The molecule has 1 heterocycles. The summed E-state index contributed by atoms with van der Waals surface area (Å²) in [6.07, 6.45) is 3.35. The molecule has 0 saturated carbocycles. The van der Waals surface area contributed by atoms with E-state index in [0.717, 1.165) is 5.56 Å². The summed E-state index contributed by atoms with van der Waals surface area (Å²) in [5.74, 6) is -0.343. The molecule has 1 aromatic heterocycles. The highest BCUT2D eigenvalue weighted by Crippen LogP contribution is 2.24. The number of anilines is 1. The van der Waals surface area contributed by atoms with Crippen LogP contribution in [0.3, 0.4) is 0 Å². The van der Waals surface area contributed by atoms with E-state index in [1.54, 1.807) is 54.9 Å². The van der Waals surface area contributed by atoms with Crippen molar-refractivity contribution >= 4 is 29.1 Å². The molecule has 0 fully saturated rings. The standard InChI is InChI=1S/C21H18ClN3O3/c1-28-19-9-8-15(22)11-17(19)21(27)25-18-7-3-2-6-16(18)20(26)24-13-14-5-4-10-23-12-14/h2-12H,13H2,1H3,(H,24,26)(H,25,27). The molecule has 6 nitrogen and oxygen atoms in total. The average Bonchev–Trinajstić information content (AvgIpc) is 2.73. The van der Waals surface area contributed by atoms with Crippen LogP contribution in [0, 0.1) is 0 Å². The molecular weight excluding hydrogens is 378 g/mol. The predicted molar refractivity (Wildman–Crippen MR) is 108 cm³/mol. The molecule has 0 aliphatic rings. The van der Waals surface area contributed by atoms with E-state index in [1.165, 1.54) is 13.2 Å². The number of pyridine rings is 1. The third-order valence-corrected chi connectivity index (χ3v) is 4.24. The lowest BCUT2D eigenvalue weighted by molar-refractivity contribution is 0.0951. The van der Waals surface area contributed by atoms with Gasteiger partial charge in [-0.1, -0.05) is 29.8 Å². The normalized spacial score (nSPS) is 10.2. The summed E-state index contributed by atoms with van der Waals surface area (Å²) in [5.41, 5.74) is 1.89. The van der Waals surface area contributed by atoms with Crippen LogP contribution >= 0.6 is 11.6 Å². The van der Waals surface area contributed by atoms with Crippen LogP contribution in [0.1, 0.15) is 26.3 Å². The fourth-order valence-corrected chi connectivity index (χ4v) is 2.79. The van der Waals surface area contributed by atoms with Gasteiger partial charge >= 0.3 is 0 Å². The molecule has 0 bridgehead atoms. The molecule has 2 aromatic carbocycles. The van der Waals surface area contributed by atoms with E-state index >= 15 is 0 Å². The summed E-state index contributed by atoms with van der Waals surface area (Å²) in [5, 5.41) is 5.99. The van der Waals surface area contributed by atoms with Crippen molar-refractivity contribution in [1.29, 1.82) is 0 Å². The third kappa shape index (κ3) is 4.66. The molecule has 2 amide bonds. The van der Waals surface area contributed by atoms with Crippen molar-refractivity contribution in [3.05, 3.63) is 88.7 Å². The van der Waals surface area contributed by atoms with Crippen molar-refractivity contribution in [1.82, 2.24) is 10.3 Å². The Hall–Kier alpha value is -3.38. The number of nitrogens with zero attached hydrogens (tertiary/aromatic N) is 1. The monoisotopic (exact) mass is 395 g/mol. The SMILES string of the molecule is COc1ccc(Cl)cc1C(=O)Nc1ccccc1C(=O)NCc1cccnc1. The zero-order valence-corrected chi connectivity index (χ0v) is 15.9. The van der Waals surface area contributed by atoms with E-state index < -0.39 is 5.91 Å². The lowest BCUT2D eigenvalue weighted by atomic mass is 10.1. The van der Waals surface area contributed by atoms with E-state index in [4.69, 9.17) is 16.3 Å². The maximum Gasteiger partial charge on any atom is 0.259 e. The Bertz CT molecular complexity index is 993. The number of benzene rings is 2. The molecule has 0 radical (unpaired) electrons. The van der Waals surface area contributed by atoms with Crippen LogP contribution in [-0.4, -0.2) is 23.9 Å². The van der Waals surface area contributed by atoms with Gasteiger partial charge in [-0.25, -0.2) is 0 Å². The first-order valence-electron chi connectivity index (χ1n) is 8.49. The molecule has 0 saturated heterocycles. The number of carbonyl (C=O) groups is 2. The zero-order valence-electron chi connectivity index (χ0n) is 15.1. The van der Waals surface area contributed by atoms with Gasteiger partial charge in [0, 0.05) is 24.0 Å². The number of carbonyl (C=O) groups excluding carboxylic acids is 2. The maximum atomic E-state index is 12.7. The van der Waals surface area contributed by atoms with E-state index in [9.17, 15) is 9.59 Å². The van der Waals surface area contributed by atoms with Gasteiger partial charge in [-0.05, 0) is 42.0 Å². The maximum absolute atomic E-state index is 12.7. The van der Waals surface area contributed by atoms with Gasteiger partial charge < -0.3 is 15.4 Å². The van der Waals surface area contributed by atoms with Crippen LogP contribution < -0.4 is 15.4 Å². The Kier molecular flexibility index (Phi) is 6.24. The quantitative estimate of drug-likeness (QED) is 0.662. The first-order valence-corrected chi connectivity index (χ1v) is 8.87. The molecule has 0 aliphatic heterocycles. The van der Waals surface area contributed by atoms with Gasteiger partial charge in [0.25, 0.3) is 11.8 Å². The van der Waals surface area contributed by atoms with Crippen molar-refractivity contribution in [2.75, 3.05) is 12.4 Å². The number of hydrogen-bond acceptors (Lipinski definition) is 4. The van der Waals surface area contributed by atoms with Crippen molar-refractivity contribution in [2.45, 2.75) is 6.54 Å². The molecule has 28 heavy (non-hydrogen) atoms. The number of halogens is 1. The van der Waals surface area contributed by atoms with Crippen molar-refractivity contribution < 1.29 is 14.3 Å². The number of amides is 2. The molecule has 142 valence electrons. The molecule has 0 unspecified atom stereocenters.